The summed E-state index contributed by atoms with van der Waals surface area (Å²) in [6, 6.07) is 10.3. The normalized spacial score (nSPS) is 11.3. The summed E-state index contributed by atoms with van der Waals surface area (Å²) in [4.78, 5) is 37.6. The summed E-state index contributed by atoms with van der Waals surface area (Å²) in [7, 11) is 4.91. The molecule has 0 aliphatic heterocycles. The highest BCUT2D eigenvalue weighted by Crippen LogP contribution is 2.22. The van der Waals surface area contributed by atoms with Crippen molar-refractivity contribution >= 4 is 34.8 Å². The Bertz CT molecular complexity index is 896. The summed E-state index contributed by atoms with van der Waals surface area (Å²) in [6.07, 6.45) is 0. The second kappa shape index (κ2) is 9.64. The largest absolute Gasteiger partial charge is 0.595 e. The van der Waals surface area contributed by atoms with Gasteiger partial charge in [0.05, 0.1) is 11.3 Å². The Kier molecular flexibility index (Phi) is 7.26. The van der Waals surface area contributed by atoms with E-state index in [1.807, 2.05) is 0 Å². The van der Waals surface area contributed by atoms with Crippen molar-refractivity contribution < 1.29 is 29.6 Å². The fraction of sp³-hybridized carbons (Fsp3) is 0.211. The standard InChI is InChI=1S/C19H22N4O6/c1-20-18(25)12-4-6-13(7-5-12)21-17(24)11-29-19(26)15-10-14(23(27)28)8-9-16(15)22(2)3/h4-10,23,27H,11H2,1-3H3,(H,20,25)(H,21,24). The van der Waals surface area contributed by atoms with E-state index in [0.717, 1.165) is 0 Å². The summed E-state index contributed by atoms with van der Waals surface area (Å²) in [5, 5.41) is 24.1. The van der Waals surface area contributed by atoms with Crippen molar-refractivity contribution in [2.24, 2.45) is 0 Å². The monoisotopic (exact) mass is 402 g/mol. The number of nitrogens with one attached hydrogen (secondary N) is 3. The molecule has 10 heteroatoms. The van der Waals surface area contributed by atoms with Crippen LogP contribution >= 0.6 is 0 Å². The molecule has 4 N–H and O–H groups in total. The minimum Gasteiger partial charge on any atom is -0.595 e. The van der Waals surface area contributed by atoms with E-state index in [-0.39, 0.29) is 17.2 Å². The quantitative estimate of drug-likeness (QED) is 0.387. The van der Waals surface area contributed by atoms with Crippen LogP contribution in [0.1, 0.15) is 20.7 Å². The molecule has 0 radical (unpaired) electrons. The Morgan fingerprint density at radius 1 is 1.14 bits per heavy atom. The smallest absolute Gasteiger partial charge is 0.340 e. The van der Waals surface area contributed by atoms with Crippen LogP contribution in [0.3, 0.4) is 0 Å². The Hall–Kier alpha value is -3.47. The number of esters is 1. The molecule has 0 fully saturated rings. The molecular weight excluding hydrogens is 380 g/mol. The number of rotatable bonds is 7. The predicted molar refractivity (Wildman–Crippen MR) is 105 cm³/mol. The van der Waals surface area contributed by atoms with E-state index in [1.54, 1.807) is 43.3 Å². The average Bonchev–Trinajstić information content (AvgIpc) is 2.71. The summed E-state index contributed by atoms with van der Waals surface area (Å²) in [5.41, 5.74) is 1.30. The van der Waals surface area contributed by atoms with Crippen molar-refractivity contribution in [3.8, 4) is 0 Å². The van der Waals surface area contributed by atoms with Gasteiger partial charge in [0, 0.05) is 44.5 Å². The molecule has 29 heavy (non-hydrogen) atoms. The molecule has 0 spiro atoms. The minimum absolute atomic E-state index is 0.0395. The first-order chi connectivity index (χ1) is 13.7. The molecule has 0 heterocycles. The molecule has 2 rings (SSSR count). The highest BCUT2D eigenvalue weighted by atomic mass is 16.8. The molecule has 0 bridgehead atoms. The lowest BCUT2D eigenvalue weighted by atomic mass is 10.1. The van der Waals surface area contributed by atoms with E-state index in [9.17, 15) is 19.6 Å². The van der Waals surface area contributed by atoms with Gasteiger partial charge in [-0.15, -0.1) is 0 Å². The zero-order valence-corrected chi connectivity index (χ0v) is 16.2. The SMILES string of the molecule is CNC(=O)c1ccc(NC(=O)COC(=O)c2cc([NH+]([O-])O)ccc2N(C)C)cc1. The van der Waals surface area contributed by atoms with Gasteiger partial charge >= 0.3 is 5.97 Å². The number of nitrogens with zero attached hydrogens (tertiary/aromatic N) is 1. The van der Waals surface area contributed by atoms with E-state index < -0.39 is 23.7 Å². The third kappa shape index (κ3) is 5.75. The van der Waals surface area contributed by atoms with Crippen LogP contribution in [-0.2, 0) is 9.53 Å². The number of amides is 2. The zero-order valence-electron chi connectivity index (χ0n) is 16.2. The highest BCUT2D eigenvalue weighted by Gasteiger charge is 2.18. The maximum Gasteiger partial charge on any atom is 0.340 e. The molecule has 0 aliphatic rings. The zero-order chi connectivity index (χ0) is 21.6. The molecule has 2 amide bonds. The summed E-state index contributed by atoms with van der Waals surface area (Å²) in [5.74, 6) is -1.65. The van der Waals surface area contributed by atoms with Crippen LogP contribution in [0.15, 0.2) is 42.5 Å². The topological polar surface area (TPSA) is 135 Å². The van der Waals surface area contributed by atoms with Gasteiger partial charge in [0.25, 0.3) is 11.8 Å². The first kappa shape index (κ1) is 21.8. The molecule has 0 aliphatic carbocycles. The van der Waals surface area contributed by atoms with Crippen LogP contribution in [0.5, 0.6) is 0 Å². The van der Waals surface area contributed by atoms with E-state index in [0.29, 0.717) is 16.9 Å². The molecule has 0 saturated heterocycles. The number of hydrogen-bond donors (Lipinski definition) is 4. The van der Waals surface area contributed by atoms with Crippen LogP contribution in [0, 0.1) is 5.21 Å². The van der Waals surface area contributed by atoms with Gasteiger partial charge in [-0.3, -0.25) is 9.59 Å². The molecule has 0 aromatic heterocycles. The molecule has 154 valence electrons. The Labute approximate surface area is 167 Å². The number of anilines is 2. The van der Waals surface area contributed by atoms with E-state index in [4.69, 9.17) is 9.94 Å². The van der Waals surface area contributed by atoms with Crippen LogP contribution in [0.2, 0.25) is 0 Å². The molecule has 0 saturated carbocycles. The van der Waals surface area contributed by atoms with Gasteiger partial charge in [0.2, 0.25) is 0 Å². The van der Waals surface area contributed by atoms with E-state index in [1.165, 1.54) is 25.2 Å². The van der Waals surface area contributed by atoms with Gasteiger partial charge < -0.3 is 25.5 Å². The second-order valence-corrected chi connectivity index (χ2v) is 6.21. The third-order valence-electron chi connectivity index (χ3n) is 3.94. The number of carbonyl (C=O) groups is 3. The van der Waals surface area contributed by atoms with E-state index in [2.05, 4.69) is 10.6 Å². The Balaban J connectivity index is 2.02. The molecule has 1 unspecified atom stereocenters. The number of quaternary nitrogens is 1. The lowest BCUT2D eigenvalue weighted by molar-refractivity contribution is -0.991. The van der Waals surface area contributed by atoms with Gasteiger partial charge in [-0.05, 0) is 30.3 Å². The van der Waals surface area contributed by atoms with Gasteiger partial charge in [-0.2, -0.15) is 5.23 Å². The minimum atomic E-state index is -1.18. The summed E-state index contributed by atoms with van der Waals surface area (Å²) < 4.78 is 5.03. The van der Waals surface area contributed by atoms with Crippen LogP contribution in [-0.4, -0.2) is 50.7 Å². The van der Waals surface area contributed by atoms with Gasteiger partial charge in [0.1, 0.15) is 0 Å². The fourth-order valence-corrected chi connectivity index (χ4v) is 2.48. The highest BCUT2D eigenvalue weighted by molar-refractivity contribution is 5.99. The third-order valence-corrected chi connectivity index (χ3v) is 3.94. The van der Waals surface area contributed by atoms with Crippen LogP contribution in [0.25, 0.3) is 0 Å². The van der Waals surface area contributed by atoms with Crippen molar-refractivity contribution in [1.29, 1.82) is 0 Å². The predicted octanol–water partition coefficient (Wildman–Crippen LogP) is 0.311. The van der Waals surface area contributed by atoms with Gasteiger partial charge in [-0.25, -0.2) is 10.0 Å². The number of carbonyl (C=O) groups excluding carboxylic acids is 3. The molecule has 2 aromatic rings. The average molecular weight is 402 g/mol. The van der Waals surface area contributed by atoms with Crippen LogP contribution in [0.4, 0.5) is 17.1 Å². The number of benzene rings is 2. The molecule has 1 atom stereocenters. The fourth-order valence-electron chi connectivity index (χ4n) is 2.48. The molecule has 2 aromatic carbocycles. The maximum absolute atomic E-state index is 12.4. The lowest BCUT2D eigenvalue weighted by Gasteiger charge is -2.19. The van der Waals surface area contributed by atoms with Crippen molar-refractivity contribution in [3.05, 3.63) is 58.8 Å². The van der Waals surface area contributed by atoms with Gasteiger partial charge in [-0.1, -0.05) is 0 Å². The summed E-state index contributed by atoms with van der Waals surface area (Å²) in [6.45, 7) is -0.555. The number of ether oxygens (including phenoxy) is 1. The first-order valence-corrected chi connectivity index (χ1v) is 8.56. The van der Waals surface area contributed by atoms with Crippen molar-refractivity contribution in [2.45, 2.75) is 0 Å². The number of hydrogen-bond acceptors (Lipinski definition) is 7. The Morgan fingerprint density at radius 2 is 1.79 bits per heavy atom. The first-order valence-electron chi connectivity index (χ1n) is 8.56. The molecular formula is C19H22N4O6. The summed E-state index contributed by atoms with van der Waals surface area (Å²) >= 11 is 0. The van der Waals surface area contributed by atoms with E-state index >= 15 is 0 Å². The van der Waals surface area contributed by atoms with Gasteiger partial charge in [0.15, 0.2) is 12.3 Å². The van der Waals surface area contributed by atoms with Crippen molar-refractivity contribution in [2.75, 3.05) is 38.0 Å². The lowest BCUT2D eigenvalue weighted by Crippen LogP contribution is -2.99. The van der Waals surface area contributed by atoms with Crippen LogP contribution < -0.4 is 20.8 Å². The van der Waals surface area contributed by atoms with Crippen molar-refractivity contribution in [1.82, 2.24) is 5.32 Å². The Morgan fingerprint density at radius 3 is 2.34 bits per heavy atom. The maximum atomic E-state index is 12.4. The molecule has 10 nitrogen and oxygen atoms in total. The van der Waals surface area contributed by atoms with Crippen molar-refractivity contribution in [3.63, 3.8) is 0 Å². The second-order valence-electron chi connectivity index (χ2n) is 6.21.